The van der Waals surface area contributed by atoms with E-state index in [-0.39, 0.29) is 6.61 Å². The molecule has 0 bridgehead atoms. The van der Waals surface area contributed by atoms with E-state index in [0.29, 0.717) is 11.9 Å². The molecule has 6 unspecified atom stereocenters. The summed E-state index contributed by atoms with van der Waals surface area (Å²) in [6.45, 7) is 6.04. The predicted octanol–water partition coefficient (Wildman–Crippen LogP) is 2.24. The third-order valence-corrected chi connectivity index (χ3v) is 8.16. The van der Waals surface area contributed by atoms with Gasteiger partial charge in [-0.05, 0) is 32.9 Å². The van der Waals surface area contributed by atoms with Crippen molar-refractivity contribution in [3.63, 3.8) is 0 Å². The van der Waals surface area contributed by atoms with E-state index in [0.717, 1.165) is 0 Å². The Bertz CT molecular complexity index is 703. The molecule has 0 radical (unpaired) electrons. The second kappa shape index (κ2) is 6.38. The molecule has 0 aliphatic carbocycles. The molecule has 0 aromatic heterocycles. The zero-order chi connectivity index (χ0) is 18.6. The lowest BCUT2D eigenvalue weighted by Gasteiger charge is -2.32. The summed E-state index contributed by atoms with van der Waals surface area (Å²) < 4.78 is 49.2. The summed E-state index contributed by atoms with van der Waals surface area (Å²) in [5.74, 6) is -0.752. The van der Waals surface area contributed by atoms with Gasteiger partial charge in [0, 0.05) is 12.4 Å². The van der Waals surface area contributed by atoms with Gasteiger partial charge in [-0.2, -0.15) is 0 Å². The molecule has 26 heavy (non-hydrogen) atoms. The first-order chi connectivity index (χ1) is 12.4. The van der Waals surface area contributed by atoms with Gasteiger partial charge in [0.25, 0.3) is 7.37 Å². The van der Waals surface area contributed by atoms with Crippen molar-refractivity contribution < 1.29 is 32.8 Å². The average Bonchev–Trinajstić information content (AvgIpc) is 3.28. The van der Waals surface area contributed by atoms with E-state index < -0.39 is 43.1 Å². The third-order valence-electron chi connectivity index (χ3n) is 5.05. The number of rotatable bonds is 6. The number of hydrogen-bond acceptors (Lipinski definition) is 7. The molecule has 7 nitrogen and oxygen atoms in total. The minimum atomic E-state index is -3.37. The van der Waals surface area contributed by atoms with E-state index in [4.69, 9.17) is 28.2 Å². The van der Waals surface area contributed by atoms with E-state index in [1.54, 1.807) is 19.2 Å². The quantitative estimate of drug-likeness (QED) is 0.550. The fraction of sp³-hybridized carbons (Fsp3) is 0.667. The minimum Gasteiger partial charge on any atom is -0.376 e. The molecular formula is C18H25O7P. The first-order valence-electron chi connectivity index (χ1n) is 8.85. The maximum Gasteiger partial charge on any atom is 0.268 e. The summed E-state index contributed by atoms with van der Waals surface area (Å²) in [6, 6.07) is 9.15. The first kappa shape index (κ1) is 18.6. The monoisotopic (exact) mass is 384 g/mol. The van der Waals surface area contributed by atoms with Crippen LogP contribution in [0.3, 0.4) is 0 Å². The second-order valence-electron chi connectivity index (χ2n) is 7.16. The highest BCUT2D eigenvalue weighted by Gasteiger charge is 2.73. The lowest BCUT2D eigenvalue weighted by molar-refractivity contribution is -0.220. The van der Waals surface area contributed by atoms with Crippen molar-refractivity contribution in [1.29, 1.82) is 0 Å². The average molecular weight is 384 g/mol. The molecule has 3 heterocycles. The van der Waals surface area contributed by atoms with Crippen LogP contribution in [0.1, 0.15) is 20.8 Å². The van der Waals surface area contributed by atoms with E-state index in [1.165, 1.54) is 0 Å². The lowest BCUT2D eigenvalue weighted by Crippen LogP contribution is -2.45. The Labute approximate surface area is 153 Å². The van der Waals surface area contributed by atoms with Crippen LogP contribution in [0.25, 0.3) is 0 Å². The van der Waals surface area contributed by atoms with Gasteiger partial charge in [-0.25, -0.2) is 0 Å². The lowest BCUT2D eigenvalue weighted by atomic mass is 10.1. The zero-order valence-corrected chi connectivity index (χ0v) is 16.3. The molecule has 4 rings (SSSR count). The van der Waals surface area contributed by atoms with E-state index in [9.17, 15) is 4.57 Å². The fourth-order valence-electron chi connectivity index (χ4n) is 3.88. The van der Waals surface area contributed by atoms with Gasteiger partial charge < -0.3 is 28.2 Å². The molecule has 3 fully saturated rings. The van der Waals surface area contributed by atoms with Crippen molar-refractivity contribution in [2.45, 2.75) is 56.5 Å². The van der Waals surface area contributed by atoms with E-state index in [1.807, 2.05) is 39.0 Å². The summed E-state index contributed by atoms with van der Waals surface area (Å²) in [4.78, 5) is 0. The van der Waals surface area contributed by atoms with Gasteiger partial charge in [-0.1, -0.05) is 18.2 Å². The van der Waals surface area contributed by atoms with Crippen molar-refractivity contribution in [2.24, 2.45) is 0 Å². The molecule has 0 spiro atoms. The highest BCUT2D eigenvalue weighted by atomic mass is 31.2. The summed E-state index contributed by atoms with van der Waals surface area (Å²) in [6.07, 6.45) is -2.09. The van der Waals surface area contributed by atoms with Crippen LogP contribution >= 0.6 is 7.37 Å². The van der Waals surface area contributed by atoms with Gasteiger partial charge in [0.2, 0.25) is 0 Å². The SMILES string of the molecule is CCOP(=O)(c1ccccc1)C1(C2OC3OC(C)(C)OC3C2OC)CO1. The maximum atomic E-state index is 14.0. The van der Waals surface area contributed by atoms with Crippen LogP contribution in [-0.4, -0.2) is 56.1 Å². The molecule has 3 aliphatic rings. The topological polar surface area (TPSA) is 75.8 Å². The number of methoxy groups -OCH3 is 1. The van der Waals surface area contributed by atoms with Crippen LogP contribution in [0.15, 0.2) is 30.3 Å². The summed E-state index contributed by atoms with van der Waals surface area (Å²) in [7, 11) is -1.79. The summed E-state index contributed by atoms with van der Waals surface area (Å²) >= 11 is 0. The molecule has 0 saturated carbocycles. The maximum absolute atomic E-state index is 14.0. The zero-order valence-electron chi connectivity index (χ0n) is 15.4. The standard InChI is InChI=1S/C18H25O7P/c1-5-22-26(19,12-9-7-6-8-10-12)18(11-21-18)15-13(20-4)14-16(23-15)25-17(2,3)24-14/h6-10,13-16H,5,11H2,1-4H3. The Morgan fingerprint density at radius 3 is 2.50 bits per heavy atom. The van der Waals surface area contributed by atoms with Crippen molar-refractivity contribution >= 4 is 12.7 Å². The smallest absolute Gasteiger partial charge is 0.268 e. The number of benzene rings is 1. The van der Waals surface area contributed by atoms with Crippen LogP contribution < -0.4 is 5.30 Å². The first-order valence-corrected chi connectivity index (χ1v) is 10.5. The van der Waals surface area contributed by atoms with E-state index >= 15 is 0 Å². The Kier molecular flexibility index (Phi) is 4.56. The molecule has 0 amide bonds. The molecule has 3 saturated heterocycles. The van der Waals surface area contributed by atoms with Crippen LogP contribution in [0.2, 0.25) is 0 Å². The molecule has 3 aliphatic heterocycles. The van der Waals surface area contributed by atoms with Gasteiger partial charge >= 0.3 is 0 Å². The van der Waals surface area contributed by atoms with Gasteiger partial charge in [0.05, 0.1) is 13.2 Å². The summed E-state index contributed by atoms with van der Waals surface area (Å²) in [5.41, 5.74) is 0. The molecule has 8 heteroatoms. The van der Waals surface area contributed by atoms with Crippen LogP contribution in [0, 0.1) is 0 Å². The van der Waals surface area contributed by atoms with Gasteiger partial charge in [-0.3, -0.25) is 4.57 Å². The normalized spacial score (nSPS) is 40.2. The molecule has 6 atom stereocenters. The van der Waals surface area contributed by atoms with Crippen molar-refractivity contribution in [1.82, 2.24) is 0 Å². The molecule has 144 valence electrons. The van der Waals surface area contributed by atoms with Crippen LogP contribution in [-0.2, 0) is 32.8 Å². The highest BCUT2D eigenvalue weighted by Crippen LogP contribution is 2.68. The van der Waals surface area contributed by atoms with E-state index in [2.05, 4.69) is 0 Å². The van der Waals surface area contributed by atoms with Crippen LogP contribution in [0.5, 0.6) is 0 Å². The minimum absolute atomic E-state index is 0.270. The number of fused-ring (bicyclic) bond motifs is 1. The second-order valence-corrected chi connectivity index (χ2v) is 9.80. The van der Waals surface area contributed by atoms with Crippen molar-refractivity contribution in [3.8, 4) is 0 Å². The Morgan fingerprint density at radius 2 is 1.92 bits per heavy atom. The molecule has 0 N–H and O–H groups in total. The molecular weight excluding hydrogens is 359 g/mol. The fourth-order valence-corrected chi connectivity index (χ4v) is 6.56. The number of epoxide rings is 1. The Balaban J connectivity index is 1.69. The highest BCUT2D eigenvalue weighted by molar-refractivity contribution is 7.68. The predicted molar refractivity (Wildman–Crippen MR) is 93.5 cm³/mol. The largest absolute Gasteiger partial charge is 0.376 e. The number of hydrogen-bond donors (Lipinski definition) is 0. The molecule has 1 aromatic carbocycles. The molecule has 1 aromatic rings. The van der Waals surface area contributed by atoms with Gasteiger partial charge in [0.1, 0.15) is 18.3 Å². The third kappa shape index (κ3) is 2.69. The van der Waals surface area contributed by atoms with Crippen LogP contribution in [0.4, 0.5) is 0 Å². The summed E-state index contributed by atoms with van der Waals surface area (Å²) in [5, 5.41) is -0.483. The van der Waals surface area contributed by atoms with Crippen molar-refractivity contribution in [2.75, 3.05) is 20.3 Å². The Morgan fingerprint density at radius 1 is 1.23 bits per heavy atom. The van der Waals surface area contributed by atoms with Crippen molar-refractivity contribution in [3.05, 3.63) is 30.3 Å². The number of ether oxygens (including phenoxy) is 5. The van der Waals surface area contributed by atoms with Gasteiger partial charge in [-0.15, -0.1) is 0 Å². The Hall–Kier alpha value is -0.790. The van der Waals surface area contributed by atoms with Gasteiger partial charge in [0.15, 0.2) is 17.4 Å².